The summed E-state index contributed by atoms with van der Waals surface area (Å²) in [5, 5.41) is 0. The van der Waals surface area contributed by atoms with Gasteiger partial charge in [-0.15, -0.1) is 0 Å². The number of benzene rings is 1. The minimum absolute atomic E-state index is 0.0557. The molecule has 18 heavy (non-hydrogen) atoms. The molecule has 6 nitrogen and oxygen atoms in total. The Labute approximate surface area is 104 Å². The van der Waals surface area contributed by atoms with Crippen LogP contribution in [0.4, 0.5) is 0 Å². The Bertz CT molecular complexity index is 690. The van der Waals surface area contributed by atoms with Crippen molar-refractivity contribution >= 4 is 15.7 Å². The molecule has 0 atom stereocenters. The molecule has 0 aliphatic carbocycles. The summed E-state index contributed by atoms with van der Waals surface area (Å²) in [7, 11) is -3.38. The zero-order valence-electron chi connectivity index (χ0n) is 9.57. The molecule has 0 saturated carbocycles. The van der Waals surface area contributed by atoms with Crippen LogP contribution in [0.3, 0.4) is 0 Å². The average molecular weight is 265 g/mol. The number of rotatable bonds is 3. The number of imidazole rings is 1. The van der Waals surface area contributed by atoms with Crippen molar-refractivity contribution in [3.63, 3.8) is 0 Å². The maximum atomic E-state index is 11.4. The van der Waals surface area contributed by atoms with Crippen LogP contribution < -0.4 is 5.73 Å². The van der Waals surface area contributed by atoms with Crippen LogP contribution in [0.2, 0.25) is 0 Å². The Morgan fingerprint density at radius 2 is 2.11 bits per heavy atom. The lowest BCUT2D eigenvalue weighted by atomic mass is 10.1. The first-order valence-electron chi connectivity index (χ1n) is 5.02. The first kappa shape index (κ1) is 12.3. The average Bonchev–Trinajstić information content (AvgIpc) is 2.80. The Hall–Kier alpha value is -2.15. The summed E-state index contributed by atoms with van der Waals surface area (Å²) in [5.41, 5.74) is 5.89. The van der Waals surface area contributed by atoms with Crippen LogP contribution in [-0.2, 0) is 9.84 Å². The molecule has 0 fully saturated rings. The lowest BCUT2D eigenvalue weighted by Crippen LogP contribution is -2.15. The molecule has 2 aromatic rings. The molecule has 0 radical (unpaired) electrons. The molecule has 94 valence electrons. The smallest absolute Gasteiger partial charge is 0.250 e. The summed E-state index contributed by atoms with van der Waals surface area (Å²) >= 11 is 0. The standard InChI is InChI=1S/C11H11N3O3S/c1-18(16,17)8-2-3-10(9(6-8)11(12)15)14-5-4-13-7-14/h2-7H,1H3,(H2,12,15). The van der Waals surface area contributed by atoms with Crippen LogP contribution in [-0.4, -0.2) is 30.1 Å². The van der Waals surface area contributed by atoms with Crippen molar-refractivity contribution < 1.29 is 13.2 Å². The van der Waals surface area contributed by atoms with Gasteiger partial charge in [0.2, 0.25) is 0 Å². The van der Waals surface area contributed by atoms with Crippen molar-refractivity contribution in [1.82, 2.24) is 9.55 Å². The van der Waals surface area contributed by atoms with E-state index in [4.69, 9.17) is 5.73 Å². The van der Waals surface area contributed by atoms with Crippen molar-refractivity contribution in [3.05, 3.63) is 42.5 Å². The normalized spacial score (nSPS) is 11.4. The van der Waals surface area contributed by atoms with E-state index in [9.17, 15) is 13.2 Å². The number of carbonyl (C=O) groups excluding carboxylic acids is 1. The van der Waals surface area contributed by atoms with Crippen molar-refractivity contribution in [2.45, 2.75) is 4.90 Å². The highest BCUT2D eigenvalue weighted by Crippen LogP contribution is 2.19. The number of hydrogen-bond donors (Lipinski definition) is 1. The number of aromatic nitrogens is 2. The summed E-state index contributed by atoms with van der Waals surface area (Å²) in [6.07, 6.45) is 5.77. The SMILES string of the molecule is CS(=O)(=O)c1ccc(-n2ccnc2)c(C(N)=O)c1. The van der Waals surface area contributed by atoms with E-state index in [1.807, 2.05) is 0 Å². The second-order valence-corrected chi connectivity index (χ2v) is 5.80. The van der Waals surface area contributed by atoms with Crippen molar-refractivity contribution in [1.29, 1.82) is 0 Å². The third-order valence-electron chi connectivity index (χ3n) is 2.44. The van der Waals surface area contributed by atoms with Gasteiger partial charge in [0.25, 0.3) is 5.91 Å². The molecular formula is C11H11N3O3S. The first-order chi connectivity index (χ1) is 8.39. The van der Waals surface area contributed by atoms with Crippen LogP contribution in [0.25, 0.3) is 5.69 Å². The fourth-order valence-electron chi connectivity index (χ4n) is 1.57. The topological polar surface area (TPSA) is 95.1 Å². The summed E-state index contributed by atoms with van der Waals surface area (Å²) in [4.78, 5) is 15.3. The molecule has 7 heteroatoms. The van der Waals surface area contributed by atoms with E-state index in [2.05, 4.69) is 4.98 Å². The largest absolute Gasteiger partial charge is 0.366 e. The summed E-state index contributed by atoms with van der Waals surface area (Å²) in [6, 6.07) is 4.22. The van der Waals surface area contributed by atoms with E-state index < -0.39 is 15.7 Å². The molecule has 0 aliphatic heterocycles. The summed E-state index contributed by atoms with van der Waals surface area (Å²) in [5.74, 6) is -0.691. The number of hydrogen-bond acceptors (Lipinski definition) is 4. The Morgan fingerprint density at radius 3 is 2.61 bits per heavy atom. The van der Waals surface area contributed by atoms with E-state index in [1.165, 1.54) is 24.5 Å². The molecule has 1 amide bonds. The number of primary amides is 1. The van der Waals surface area contributed by atoms with E-state index in [0.29, 0.717) is 5.69 Å². The maximum Gasteiger partial charge on any atom is 0.250 e. The van der Waals surface area contributed by atoms with Gasteiger partial charge in [-0.2, -0.15) is 0 Å². The van der Waals surface area contributed by atoms with Crippen molar-refractivity contribution in [2.24, 2.45) is 5.73 Å². The summed E-state index contributed by atoms with van der Waals surface area (Å²) < 4.78 is 24.5. The predicted molar refractivity (Wildman–Crippen MR) is 65.2 cm³/mol. The lowest BCUT2D eigenvalue weighted by Gasteiger charge is -2.09. The molecular weight excluding hydrogens is 254 g/mol. The molecule has 0 aliphatic rings. The van der Waals surface area contributed by atoms with E-state index in [0.717, 1.165) is 6.26 Å². The predicted octanol–water partition coefficient (Wildman–Crippen LogP) is 0.375. The molecule has 1 heterocycles. The Balaban J connectivity index is 2.67. The van der Waals surface area contributed by atoms with Crippen LogP contribution in [0.5, 0.6) is 0 Å². The number of nitrogens with two attached hydrogens (primary N) is 1. The van der Waals surface area contributed by atoms with Crippen molar-refractivity contribution in [2.75, 3.05) is 6.26 Å². The van der Waals surface area contributed by atoms with Crippen LogP contribution >= 0.6 is 0 Å². The zero-order valence-corrected chi connectivity index (χ0v) is 10.4. The number of sulfone groups is 1. The molecule has 0 unspecified atom stereocenters. The quantitative estimate of drug-likeness (QED) is 0.867. The first-order valence-corrected chi connectivity index (χ1v) is 6.91. The molecule has 1 aromatic heterocycles. The van der Waals surface area contributed by atoms with Gasteiger partial charge in [-0.3, -0.25) is 4.79 Å². The van der Waals surface area contributed by atoms with Gasteiger partial charge in [0.15, 0.2) is 9.84 Å². The third kappa shape index (κ3) is 2.25. The maximum absolute atomic E-state index is 11.4. The van der Waals surface area contributed by atoms with E-state index in [1.54, 1.807) is 17.0 Å². The van der Waals surface area contributed by atoms with Gasteiger partial charge in [-0.1, -0.05) is 0 Å². The summed E-state index contributed by atoms with van der Waals surface area (Å²) in [6.45, 7) is 0. The van der Waals surface area contributed by atoms with E-state index >= 15 is 0 Å². The van der Waals surface area contributed by atoms with Gasteiger partial charge in [0, 0.05) is 18.6 Å². The number of carbonyl (C=O) groups is 1. The molecule has 1 aromatic carbocycles. The van der Waals surface area contributed by atoms with Gasteiger partial charge < -0.3 is 10.3 Å². The van der Waals surface area contributed by atoms with Crippen LogP contribution in [0, 0.1) is 0 Å². The zero-order chi connectivity index (χ0) is 13.3. The highest BCUT2D eigenvalue weighted by atomic mass is 32.2. The molecule has 2 N–H and O–H groups in total. The molecule has 0 bridgehead atoms. The highest BCUT2D eigenvalue weighted by Gasteiger charge is 2.15. The second-order valence-electron chi connectivity index (χ2n) is 3.79. The molecule has 0 saturated heterocycles. The molecule has 0 spiro atoms. The monoisotopic (exact) mass is 265 g/mol. The third-order valence-corrected chi connectivity index (χ3v) is 3.55. The van der Waals surface area contributed by atoms with Crippen LogP contribution in [0.1, 0.15) is 10.4 Å². The van der Waals surface area contributed by atoms with E-state index in [-0.39, 0.29) is 10.5 Å². The van der Waals surface area contributed by atoms with Crippen LogP contribution in [0.15, 0.2) is 41.8 Å². The van der Waals surface area contributed by atoms with Crippen molar-refractivity contribution in [3.8, 4) is 5.69 Å². The van der Waals surface area contributed by atoms with Gasteiger partial charge >= 0.3 is 0 Å². The van der Waals surface area contributed by atoms with Gasteiger partial charge in [-0.05, 0) is 18.2 Å². The number of amides is 1. The van der Waals surface area contributed by atoms with Gasteiger partial charge in [-0.25, -0.2) is 13.4 Å². The second kappa shape index (κ2) is 4.26. The fourth-order valence-corrected chi connectivity index (χ4v) is 2.22. The lowest BCUT2D eigenvalue weighted by molar-refractivity contribution is 0.1000. The minimum Gasteiger partial charge on any atom is -0.366 e. The fraction of sp³-hybridized carbons (Fsp3) is 0.0909. The highest BCUT2D eigenvalue weighted by molar-refractivity contribution is 7.90. The minimum atomic E-state index is -3.38. The Kier molecular flexibility index (Phi) is 2.92. The van der Waals surface area contributed by atoms with Gasteiger partial charge in [0.1, 0.15) is 0 Å². The molecule has 2 rings (SSSR count). The van der Waals surface area contributed by atoms with Gasteiger partial charge in [0.05, 0.1) is 22.5 Å². The number of nitrogens with zero attached hydrogens (tertiary/aromatic N) is 2. The Morgan fingerprint density at radius 1 is 1.39 bits per heavy atom.